The zero-order valence-corrected chi connectivity index (χ0v) is 14.4. The zero-order chi connectivity index (χ0) is 18.4. The Morgan fingerprint density at radius 2 is 2.38 bits per heavy atom. The van der Waals surface area contributed by atoms with Gasteiger partial charge in [-0.15, -0.1) is 6.58 Å². The maximum absolute atomic E-state index is 12.3. The number of amides is 2. The Bertz CT molecular complexity index is 774. The van der Waals surface area contributed by atoms with Crippen LogP contribution in [0, 0.1) is 5.92 Å². The number of carbonyl (C=O) groups excluding carboxylic acids is 2. The Morgan fingerprint density at radius 3 is 3.15 bits per heavy atom. The number of nitrogens with zero attached hydrogens (tertiary/aromatic N) is 4. The van der Waals surface area contributed by atoms with Crippen molar-refractivity contribution in [2.24, 2.45) is 5.92 Å². The molecule has 8 nitrogen and oxygen atoms in total. The smallest absolute Gasteiger partial charge is 0.228 e. The lowest BCUT2D eigenvalue weighted by atomic mass is 9.96. The van der Waals surface area contributed by atoms with Crippen molar-refractivity contribution in [2.45, 2.75) is 19.3 Å². The van der Waals surface area contributed by atoms with Crippen LogP contribution in [-0.2, 0) is 16.0 Å². The van der Waals surface area contributed by atoms with E-state index < -0.39 is 0 Å². The minimum atomic E-state index is -0.193. The molecule has 0 radical (unpaired) electrons. The molecular weight excluding hydrogens is 334 g/mol. The number of rotatable bonds is 7. The molecule has 0 saturated carbocycles. The van der Waals surface area contributed by atoms with Gasteiger partial charge in [0, 0.05) is 50.4 Å². The Labute approximate surface area is 151 Å². The summed E-state index contributed by atoms with van der Waals surface area (Å²) < 4.78 is 5.21. The molecule has 2 amide bonds. The molecule has 3 heterocycles. The highest BCUT2D eigenvalue weighted by Crippen LogP contribution is 2.18. The number of nitrogens with one attached hydrogen (secondary N) is 1. The normalized spacial score (nSPS) is 17.2. The molecule has 1 saturated heterocycles. The Morgan fingerprint density at radius 1 is 1.50 bits per heavy atom. The van der Waals surface area contributed by atoms with Crippen LogP contribution in [0.1, 0.15) is 18.7 Å². The van der Waals surface area contributed by atoms with E-state index in [9.17, 15) is 9.59 Å². The molecule has 1 unspecified atom stereocenters. The Kier molecular flexibility index (Phi) is 5.73. The van der Waals surface area contributed by atoms with Gasteiger partial charge in [-0.1, -0.05) is 11.2 Å². The fourth-order valence-electron chi connectivity index (χ4n) is 2.87. The summed E-state index contributed by atoms with van der Waals surface area (Å²) in [6.45, 7) is 4.95. The zero-order valence-electron chi connectivity index (χ0n) is 14.4. The van der Waals surface area contributed by atoms with E-state index in [1.807, 2.05) is 6.07 Å². The van der Waals surface area contributed by atoms with Crippen molar-refractivity contribution in [1.29, 1.82) is 0 Å². The van der Waals surface area contributed by atoms with Gasteiger partial charge in [0.15, 0.2) is 0 Å². The highest BCUT2D eigenvalue weighted by atomic mass is 16.5. The highest BCUT2D eigenvalue weighted by Gasteiger charge is 2.29. The lowest BCUT2D eigenvalue weighted by molar-refractivity contribution is -0.137. The first-order valence-electron chi connectivity index (χ1n) is 8.56. The largest absolute Gasteiger partial charge is 0.355 e. The fraction of sp³-hybridized carbons (Fsp3) is 0.389. The van der Waals surface area contributed by atoms with Crippen molar-refractivity contribution in [3.63, 3.8) is 0 Å². The molecule has 1 aliphatic heterocycles. The predicted octanol–water partition coefficient (Wildman–Crippen LogP) is 1.21. The molecular formula is C18H21N5O3. The minimum absolute atomic E-state index is 0.0569. The molecule has 1 fully saturated rings. The van der Waals surface area contributed by atoms with Crippen LogP contribution >= 0.6 is 0 Å². The summed E-state index contributed by atoms with van der Waals surface area (Å²) in [5.74, 6) is 0.754. The summed E-state index contributed by atoms with van der Waals surface area (Å²) in [4.78, 5) is 34.1. The van der Waals surface area contributed by atoms with E-state index in [4.69, 9.17) is 4.52 Å². The first-order chi connectivity index (χ1) is 12.7. The number of carbonyl (C=O) groups is 2. The summed E-state index contributed by atoms with van der Waals surface area (Å²) in [6, 6.07) is 3.65. The standard InChI is InChI=1S/C18H21N5O3/c1-2-10-23-12-14(5-6-16(23)24)18(25)20-9-7-15-21-17(22-26-15)13-4-3-8-19-11-13/h2-4,8,11,14H,1,5-7,9-10,12H2,(H,20,25). The first kappa shape index (κ1) is 17.8. The van der Waals surface area contributed by atoms with Gasteiger partial charge in [0.05, 0.1) is 5.92 Å². The molecule has 2 aromatic heterocycles. The molecule has 3 rings (SSSR count). The van der Waals surface area contributed by atoms with Gasteiger partial charge in [-0.25, -0.2) is 0 Å². The average Bonchev–Trinajstić information content (AvgIpc) is 3.13. The van der Waals surface area contributed by atoms with Crippen LogP contribution in [0.5, 0.6) is 0 Å². The van der Waals surface area contributed by atoms with Crippen molar-refractivity contribution < 1.29 is 14.1 Å². The summed E-state index contributed by atoms with van der Waals surface area (Å²) in [7, 11) is 0. The van der Waals surface area contributed by atoms with Crippen molar-refractivity contribution in [3.8, 4) is 11.4 Å². The number of hydrogen-bond acceptors (Lipinski definition) is 6. The van der Waals surface area contributed by atoms with E-state index in [2.05, 4.69) is 27.0 Å². The Hall–Kier alpha value is -3.03. The van der Waals surface area contributed by atoms with Crippen molar-refractivity contribution >= 4 is 11.8 Å². The number of aromatic nitrogens is 3. The average molecular weight is 355 g/mol. The second kappa shape index (κ2) is 8.37. The lowest BCUT2D eigenvalue weighted by Gasteiger charge is -2.31. The fourth-order valence-corrected chi connectivity index (χ4v) is 2.87. The van der Waals surface area contributed by atoms with Gasteiger partial charge in [-0.2, -0.15) is 4.98 Å². The number of hydrogen-bond donors (Lipinski definition) is 1. The number of pyridine rings is 1. The quantitative estimate of drug-likeness (QED) is 0.749. The third-order valence-corrected chi connectivity index (χ3v) is 4.25. The van der Waals surface area contributed by atoms with E-state index in [-0.39, 0.29) is 17.7 Å². The molecule has 136 valence electrons. The summed E-state index contributed by atoms with van der Waals surface area (Å²) in [5, 5.41) is 6.80. The third-order valence-electron chi connectivity index (χ3n) is 4.25. The highest BCUT2D eigenvalue weighted by molar-refractivity contribution is 5.83. The second-order valence-corrected chi connectivity index (χ2v) is 6.12. The van der Waals surface area contributed by atoms with Crippen LogP contribution in [0.15, 0.2) is 41.7 Å². The molecule has 0 spiro atoms. The number of likely N-dealkylation sites (tertiary alicyclic amines) is 1. The molecule has 0 aromatic carbocycles. The van der Waals surface area contributed by atoms with E-state index in [0.29, 0.717) is 50.6 Å². The molecule has 1 aliphatic rings. The van der Waals surface area contributed by atoms with Crippen molar-refractivity contribution in [2.75, 3.05) is 19.6 Å². The van der Waals surface area contributed by atoms with Crippen LogP contribution in [0.25, 0.3) is 11.4 Å². The van der Waals surface area contributed by atoms with Gasteiger partial charge in [0.25, 0.3) is 0 Å². The summed E-state index contributed by atoms with van der Waals surface area (Å²) >= 11 is 0. The van der Waals surface area contributed by atoms with Gasteiger partial charge >= 0.3 is 0 Å². The van der Waals surface area contributed by atoms with Crippen LogP contribution < -0.4 is 5.32 Å². The molecule has 26 heavy (non-hydrogen) atoms. The molecule has 0 bridgehead atoms. The third kappa shape index (κ3) is 4.33. The van der Waals surface area contributed by atoms with Crippen molar-refractivity contribution in [3.05, 3.63) is 43.1 Å². The maximum Gasteiger partial charge on any atom is 0.228 e. The van der Waals surface area contributed by atoms with E-state index in [1.54, 1.807) is 29.4 Å². The van der Waals surface area contributed by atoms with E-state index in [0.717, 1.165) is 5.56 Å². The monoisotopic (exact) mass is 355 g/mol. The molecule has 0 aliphatic carbocycles. The van der Waals surface area contributed by atoms with Gasteiger partial charge in [0.1, 0.15) is 0 Å². The molecule has 1 N–H and O–H groups in total. The van der Waals surface area contributed by atoms with Crippen LogP contribution in [0.3, 0.4) is 0 Å². The molecule has 8 heteroatoms. The van der Waals surface area contributed by atoms with E-state index >= 15 is 0 Å². The Balaban J connectivity index is 1.47. The maximum atomic E-state index is 12.3. The number of piperidine rings is 1. The van der Waals surface area contributed by atoms with E-state index in [1.165, 1.54) is 0 Å². The van der Waals surface area contributed by atoms with Crippen LogP contribution in [0.4, 0.5) is 0 Å². The van der Waals surface area contributed by atoms with Crippen LogP contribution in [-0.4, -0.2) is 51.5 Å². The summed E-state index contributed by atoms with van der Waals surface area (Å²) in [6.07, 6.45) is 6.42. The first-order valence-corrected chi connectivity index (χ1v) is 8.56. The lowest BCUT2D eigenvalue weighted by Crippen LogP contribution is -2.46. The second-order valence-electron chi connectivity index (χ2n) is 6.12. The molecule has 1 atom stereocenters. The minimum Gasteiger partial charge on any atom is -0.355 e. The predicted molar refractivity (Wildman–Crippen MR) is 93.7 cm³/mol. The van der Waals surface area contributed by atoms with Gasteiger partial charge in [0.2, 0.25) is 23.5 Å². The SMILES string of the molecule is C=CCN1CC(C(=O)NCCc2nc(-c3cccnc3)no2)CCC1=O. The molecule has 2 aromatic rings. The summed E-state index contributed by atoms with van der Waals surface area (Å²) in [5.41, 5.74) is 0.778. The van der Waals surface area contributed by atoms with Crippen LogP contribution in [0.2, 0.25) is 0 Å². The van der Waals surface area contributed by atoms with Gasteiger partial charge in [-0.05, 0) is 18.6 Å². The van der Waals surface area contributed by atoms with Gasteiger partial charge in [-0.3, -0.25) is 14.6 Å². The van der Waals surface area contributed by atoms with Crippen molar-refractivity contribution in [1.82, 2.24) is 25.3 Å². The topological polar surface area (TPSA) is 101 Å². The van der Waals surface area contributed by atoms with Gasteiger partial charge < -0.3 is 14.7 Å².